The zero-order chi connectivity index (χ0) is 13.5. The predicted molar refractivity (Wildman–Crippen MR) is 74.6 cm³/mol. The van der Waals surface area contributed by atoms with E-state index >= 15 is 0 Å². The van der Waals surface area contributed by atoms with Gasteiger partial charge in [-0.15, -0.1) is 0 Å². The first-order valence-corrected chi connectivity index (χ1v) is 7.06. The molecule has 0 saturated carbocycles. The first-order valence-electron chi connectivity index (χ1n) is 7.06. The lowest BCUT2D eigenvalue weighted by atomic mass is 10.1. The van der Waals surface area contributed by atoms with E-state index < -0.39 is 0 Å². The standard InChI is InChI=1S/C15H23FN2O/c1-2-7-17-10-15-12-19-9-8-18(15)11-13-3-5-14(16)6-4-13/h3-6,15,17H,2,7-12H2,1H3. The molecular weight excluding hydrogens is 243 g/mol. The van der Waals surface area contributed by atoms with E-state index in [1.165, 1.54) is 12.1 Å². The highest BCUT2D eigenvalue weighted by Gasteiger charge is 2.22. The molecule has 1 heterocycles. The molecule has 2 rings (SSSR count). The fourth-order valence-electron chi connectivity index (χ4n) is 2.36. The van der Waals surface area contributed by atoms with Crippen LogP contribution < -0.4 is 5.32 Å². The molecule has 1 aromatic rings. The lowest BCUT2D eigenvalue weighted by molar-refractivity contribution is -0.0108. The Hall–Kier alpha value is -0.970. The molecule has 0 bridgehead atoms. The van der Waals surface area contributed by atoms with Crippen molar-refractivity contribution in [2.45, 2.75) is 25.9 Å². The summed E-state index contributed by atoms with van der Waals surface area (Å²) in [5.74, 6) is -0.174. The van der Waals surface area contributed by atoms with Crippen molar-refractivity contribution in [3.63, 3.8) is 0 Å². The number of hydrogen-bond donors (Lipinski definition) is 1. The predicted octanol–water partition coefficient (Wildman–Crippen LogP) is 2.03. The summed E-state index contributed by atoms with van der Waals surface area (Å²) in [6.45, 7) is 7.53. The summed E-state index contributed by atoms with van der Waals surface area (Å²) < 4.78 is 18.5. The number of benzene rings is 1. The molecule has 3 nitrogen and oxygen atoms in total. The van der Waals surface area contributed by atoms with Crippen molar-refractivity contribution in [1.29, 1.82) is 0 Å². The SMILES string of the molecule is CCCNCC1COCCN1Cc1ccc(F)cc1. The van der Waals surface area contributed by atoms with Crippen molar-refractivity contribution >= 4 is 0 Å². The van der Waals surface area contributed by atoms with Crippen LogP contribution in [0.3, 0.4) is 0 Å². The van der Waals surface area contributed by atoms with Gasteiger partial charge in [-0.05, 0) is 30.7 Å². The molecule has 4 heteroatoms. The molecule has 0 spiro atoms. The highest BCUT2D eigenvalue weighted by molar-refractivity contribution is 5.16. The highest BCUT2D eigenvalue weighted by atomic mass is 19.1. The number of rotatable bonds is 6. The molecule has 1 saturated heterocycles. The van der Waals surface area contributed by atoms with Gasteiger partial charge in [-0.25, -0.2) is 4.39 Å². The Morgan fingerprint density at radius 1 is 1.37 bits per heavy atom. The van der Waals surface area contributed by atoms with Gasteiger partial charge >= 0.3 is 0 Å². The Labute approximate surface area is 114 Å². The summed E-state index contributed by atoms with van der Waals surface area (Å²) in [5, 5.41) is 3.45. The van der Waals surface area contributed by atoms with Crippen molar-refractivity contribution in [1.82, 2.24) is 10.2 Å². The maximum atomic E-state index is 12.9. The average Bonchev–Trinajstić information content (AvgIpc) is 2.43. The summed E-state index contributed by atoms with van der Waals surface area (Å²) in [6, 6.07) is 7.19. The van der Waals surface area contributed by atoms with Gasteiger partial charge in [0, 0.05) is 25.7 Å². The molecule has 0 amide bonds. The van der Waals surface area contributed by atoms with Crippen LogP contribution in [0, 0.1) is 5.82 Å². The van der Waals surface area contributed by atoms with Gasteiger partial charge in [0.2, 0.25) is 0 Å². The molecule has 1 aromatic carbocycles. The molecule has 0 aliphatic carbocycles. The number of nitrogens with zero attached hydrogens (tertiary/aromatic N) is 1. The molecular formula is C15H23FN2O. The smallest absolute Gasteiger partial charge is 0.123 e. The van der Waals surface area contributed by atoms with Crippen LogP contribution in [-0.4, -0.2) is 43.8 Å². The summed E-state index contributed by atoms with van der Waals surface area (Å²) in [5.41, 5.74) is 1.16. The van der Waals surface area contributed by atoms with Crippen molar-refractivity contribution in [3.8, 4) is 0 Å². The fourth-order valence-corrected chi connectivity index (χ4v) is 2.36. The van der Waals surface area contributed by atoms with Crippen molar-refractivity contribution in [2.24, 2.45) is 0 Å². The van der Waals surface area contributed by atoms with Gasteiger partial charge in [0.25, 0.3) is 0 Å². The first kappa shape index (κ1) is 14.4. The van der Waals surface area contributed by atoms with Crippen LogP contribution in [0.15, 0.2) is 24.3 Å². The molecule has 0 aromatic heterocycles. The minimum atomic E-state index is -0.174. The van der Waals surface area contributed by atoms with Gasteiger partial charge in [-0.1, -0.05) is 19.1 Å². The van der Waals surface area contributed by atoms with Gasteiger partial charge in [-0.3, -0.25) is 4.90 Å². The zero-order valence-corrected chi connectivity index (χ0v) is 11.6. The van der Waals surface area contributed by atoms with Crippen molar-refractivity contribution in [2.75, 3.05) is 32.8 Å². The van der Waals surface area contributed by atoms with Gasteiger partial charge in [0.05, 0.1) is 13.2 Å². The molecule has 0 radical (unpaired) electrons. The minimum absolute atomic E-state index is 0.174. The van der Waals surface area contributed by atoms with Crippen LogP contribution in [-0.2, 0) is 11.3 Å². The van der Waals surface area contributed by atoms with Crippen molar-refractivity contribution < 1.29 is 9.13 Å². The largest absolute Gasteiger partial charge is 0.378 e. The second-order valence-corrected chi connectivity index (χ2v) is 5.03. The summed E-state index contributed by atoms with van der Waals surface area (Å²) in [6.07, 6.45) is 1.14. The van der Waals surface area contributed by atoms with Crippen LogP contribution in [0.1, 0.15) is 18.9 Å². The van der Waals surface area contributed by atoms with Gasteiger partial charge < -0.3 is 10.1 Å². The maximum Gasteiger partial charge on any atom is 0.123 e. The Morgan fingerprint density at radius 2 is 2.16 bits per heavy atom. The van der Waals surface area contributed by atoms with Crippen LogP contribution in [0.25, 0.3) is 0 Å². The number of morpholine rings is 1. The number of halogens is 1. The Balaban J connectivity index is 1.89. The van der Waals surface area contributed by atoms with Gasteiger partial charge in [-0.2, -0.15) is 0 Å². The third kappa shape index (κ3) is 4.56. The Morgan fingerprint density at radius 3 is 2.89 bits per heavy atom. The topological polar surface area (TPSA) is 24.5 Å². The minimum Gasteiger partial charge on any atom is -0.378 e. The first-order chi connectivity index (χ1) is 9.29. The van der Waals surface area contributed by atoms with Crippen LogP contribution in [0.5, 0.6) is 0 Å². The average molecular weight is 266 g/mol. The van der Waals surface area contributed by atoms with E-state index in [1.54, 1.807) is 0 Å². The van der Waals surface area contributed by atoms with Crippen LogP contribution in [0.2, 0.25) is 0 Å². The van der Waals surface area contributed by atoms with E-state index in [-0.39, 0.29) is 5.82 Å². The van der Waals surface area contributed by atoms with E-state index in [0.29, 0.717) is 6.04 Å². The van der Waals surface area contributed by atoms with E-state index in [9.17, 15) is 4.39 Å². The van der Waals surface area contributed by atoms with E-state index in [0.717, 1.165) is 51.4 Å². The number of hydrogen-bond acceptors (Lipinski definition) is 3. The monoisotopic (exact) mass is 266 g/mol. The lowest BCUT2D eigenvalue weighted by Crippen LogP contribution is -2.49. The molecule has 1 unspecified atom stereocenters. The highest BCUT2D eigenvalue weighted by Crippen LogP contribution is 2.12. The summed E-state index contributed by atoms with van der Waals surface area (Å²) in [4.78, 5) is 2.42. The Kier molecular flexibility index (Phi) is 5.76. The zero-order valence-electron chi connectivity index (χ0n) is 11.6. The summed E-state index contributed by atoms with van der Waals surface area (Å²) in [7, 11) is 0. The quantitative estimate of drug-likeness (QED) is 0.797. The van der Waals surface area contributed by atoms with Crippen molar-refractivity contribution in [3.05, 3.63) is 35.6 Å². The fraction of sp³-hybridized carbons (Fsp3) is 0.600. The number of ether oxygens (including phenoxy) is 1. The molecule has 19 heavy (non-hydrogen) atoms. The van der Waals surface area contributed by atoms with E-state index in [4.69, 9.17) is 4.74 Å². The molecule has 1 aliphatic rings. The summed E-state index contributed by atoms with van der Waals surface area (Å²) >= 11 is 0. The van der Waals surface area contributed by atoms with Gasteiger partial charge in [0.15, 0.2) is 0 Å². The van der Waals surface area contributed by atoms with Crippen LogP contribution in [0.4, 0.5) is 4.39 Å². The number of nitrogens with one attached hydrogen (secondary N) is 1. The molecule has 106 valence electrons. The molecule has 1 fully saturated rings. The Bertz CT molecular complexity index is 369. The van der Waals surface area contributed by atoms with Gasteiger partial charge in [0.1, 0.15) is 5.82 Å². The molecule has 1 aliphatic heterocycles. The lowest BCUT2D eigenvalue weighted by Gasteiger charge is -2.35. The molecule has 1 atom stereocenters. The third-order valence-electron chi connectivity index (χ3n) is 3.46. The molecule has 1 N–H and O–H groups in total. The second-order valence-electron chi connectivity index (χ2n) is 5.03. The normalized spacial score (nSPS) is 20.6. The third-order valence-corrected chi connectivity index (χ3v) is 3.46. The maximum absolute atomic E-state index is 12.9. The second kappa shape index (κ2) is 7.58. The van der Waals surface area contributed by atoms with E-state index in [1.807, 2.05) is 12.1 Å². The van der Waals surface area contributed by atoms with E-state index in [2.05, 4.69) is 17.1 Å². The van der Waals surface area contributed by atoms with Crippen LogP contribution >= 0.6 is 0 Å².